The van der Waals surface area contributed by atoms with Crippen molar-refractivity contribution in [2.75, 3.05) is 0 Å². The number of allylic oxidation sites excluding steroid dienone is 1. The monoisotopic (exact) mass is 171 g/mol. The molecule has 1 heterocycles. The Hall–Kier alpha value is -1.03. The van der Waals surface area contributed by atoms with Gasteiger partial charge in [0.1, 0.15) is 0 Å². The second-order valence-electron chi connectivity index (χ2n) is 3.07. The third-order valence-corrected chi connectivity index (χ3v) is 2.21. The first kappa shape index (κ1) is 9.06. The lowest BCUT2D eigenvalue weighted by molar-refractivity contribution is -0.122. The van der Waals surface area contributed by atoms with E-state index in [0.29, 0.717) is 12.2 Å². The van der Waals surface area contributed by atoms with Crippen molar-refractivity contribution in [3.05, 3.63) is 12.3 Å². The molecule has 1 fully saturated rings. The van der Waals surface area contributed by atoms with Crippen molar-refractivity contribution in [1.82, 2.24) is 0 Å². The summed E-state index contributed by atoms with van der Waals surface area (Å²) >= 11 is 0. The highest BCUT2D eigenvalue weighted by molar-refractivity contribution is 5.76. The lowest BCUT2D eigenvalue weighted by Gasteiger charge is -2.13. The van der Waals surface area contributed by atoms with Gasteiger partial charge in [0, 0.05) is 18.3 Å². The van der Waals surface area contributed by atoms with E-state index in [9.17, 15) is 4.79 Å². The lowest BCUT2D eigenvalue weighted by Crippen LogP contribution is -2.27. The fourth-order valence-corrected chi connectivity index (χ4v) is 1.34. The van der Waals surface area contributed by atoms with Gasteiger partial charge in [-0.25, -0.2) is 0 Å². The molecule has 0 aromatic heterocycles. The van der Waals surface area contributed by atoms with Gasteiger partial charge in [0.15, 0.2) is 6.29 Å². The molecule has 1 aliphatic rings. The quantitative estimate of drug-likeness (QED) is 0.613. The van der Waals surface area contributed by atoms with Gasteiger partial charge in [0.05, 0.1) is 5.76 Å². The van der Waals surface area contributed by atoms with Crippen molar-refractivity contribution in [3.8, 4) is 0 Å². The summed E-state index contributed by atoms with van der Waals surface area (Å²) in [4.78, 5) is 10.8. The highest BCUT2D eigenvalue weighted by Crippen LogP contribution is 2.32. The predicted octanol–water partition coefficient (Wildman–Crippen LogP) is -0.0236. The van der Waals surface area contributed by atoms with Gasteiger partial charge in [-0.1, -0.05) is 13.5 Å². The lowest BCUT2D eigenvalue weighted by atomic mass is 9.91. The maximum Gasteiger partial charge on any atom is 0.220 e. The molecule has 1 aliphatic heterocycles. The van der Waals surface area contributed by atoms with E-state index in [1.165, 1.54) is 0 Å². The standard InChI is InChI=1S/C8H13NO3/c1-4(8(9)11)6-3-7(10)12-5(6)2/h4,6-7,10H,2-3H2,1H3,(H2,9,11)/t4?,6-,7?/m0/s1. The van der Waals surface area contributed by atoms with Gasteiger partial charge < -0.3 is 15.6 Å². The average molecular weight is 171 g/mol. The maximum absolute atomic E-state index is 10.8. The van der Waals surface area contributed by atoms with Crippen molar-refractivity contribution in [3.63, 3.8) is 0 Å². The zero-order chi connectivity index (χ0) is 9.30. The number of carbonyl (C=O) groups is 1. The number of aliphatic hydroxyl groups excluding tert-OH is 1. The Balaban J connectivity index is 2.64. The highest BCUT2D eigenvalue weighted by atomic mass is 16.6. The van der Waals surface area contributed by atoms with Crippen molar-refractivity contribution in [1.29, 1.82) is 0 Å². The molecule has 1 rings (SSSR count). The molecule has 1 saturated heterocycles. The first-order valence-electron chi connectivity index (χ1n) is 3.85. The maximum atomic E-state index is 10.8. The molecule has 0 radical (unpaired) electrons. The predicted molar refractivity (Wildman–Crippen MR) is 42.7 cm³/mol. The minimum atomic E-state index is -0.829. The number of hydrogen-bond acceptors (Lipinski definition) is 3. The van der Waals surface area contributed by atoms with E-state index in [-0.39, 0.29) is 17.7 Å². The Kier molecular flexibility index (Phi) is 2.38. The number of carbonyl (C=O) groups excluding carboxylic acids is 1. The summed E-state index contributed by atoms with van der Waals surface area (Å²) in [5.74, 6) is -0.403. The van der Waals surface area contributed by atoms with Crippen LogP contribution in [0.3, 0.4) is 0 Å². The van der Waals surface area contributed by atoms with Gasteiger partial charge in [-0.2, -0.15) is 0 Å². The SMILES string of the molecule is C=C1OC(O)C[C@H]1C(C)C(N)=O. The molecular formula is C8H13NO3. The van der Waals surface area contributed by atoms with Crippen LogP contribution in [-0.2, 0) is 9.53 Å². The number of hydrogen-bond donors (Lipinski definition) is 2. The van der Waals surface area contributed by atoms with Crippen molar-refractivity contribution >= 4 is 5.91 Å². The molecule has 1 amide bonds. The molecular weight excluding hydrogens is 158 g/mol. The first-order chi connectivity index (χ1) is 5.52. The van der Waals surface area contributed by atoms with E-state index >= 15 is 0 Å². The molecule has 3 atom stereocenters. The van der Waals surface area contributed by atoms with Gasteiger partial charge in [-0.05, 0) is 0 Å². The molecule has 0 bridgehead atoms. The first-order valence-corrected chi connectivity index (χ1v) is 3.85. The Morgan fingerprint density at radius 1 is 1.92 bits per heavy atom. The summed E-state index contributed by atoms with van der Waals surface area (Å²) < 4.78 is 4.90. The van der Waals surface area contributed by atoms with E-state index in [2.05, 4.69) is 6.58 Å². The van der Waals surface area contributed by atoms with Crippen LogP contribution in [0.4, 0.5) is 0 Å². The number of amides is 1. The number of aliphatic hydroxyl groups is 1. The van der Waals surface area contributed by atoms with Crippen LogP contribution in [0.15, 0.2) is 12.3 Å². The Labute approximate surface area is 71.0 Å². The van der Waals surface area contributed by atoms with Crippen LogP contribution in [0.2, 0.25) is 0 Å². The van der Waals surface area contributed by atoms with Gasteiger partial charge in [0.25, 0.3) is 0 Å². The molecule has 12 heavy (non-hydrogen) atoms. The fourth-order valence-electron chi connectivity index (χ4n) is 1.34. The molecule has 0 aliphatic carbocycles. The third-order valence-electron chi connectivity index (χ3n) is 2.21. The van der Waals surface area contributed by atoms with E-state index in [1.807, 2.05) is 0 Å². The largest absolute Gasteiger partial charge is 0.470 e. The summed E-state index contributed by atoms with van der Waals surface area (Å²) in [5, 5.41) is 9.07. The Bertz CT molecular complexity index is 214. The minimum Gasteiger partial charge on any atom is -0.470 e. The molecule has 4 nitrogen and oxygen atoms in total. The normalized spacial score (nSPS) is 31.3. The molecule has 0 aromatic rings. The van der Waals surface area contributed by atoms with Gasteiger partial charge in [-0.3, -0.25) is 4.79 Å². The van der Waals surface area contributed by atoms with Gasteiger partial charge >= 0.3 is 0 Å². The fraction of sp³-hybridized carbons (Fsp3) is 0.625. The van der Waals surface area contributed by atoms with E-state index < -0.39 is 6.29 Å². The number of primary amides is 1. The number of nitrogens with two attached hydrogens (primary N) is 1. The Morgan fingerprint density at radius 2 is 2.50 bits per heavy atom. The van der Waals surface area contributed by atoms with Crippen LogP contribution in [0, 0.1) is 11.8 Å². The summed E-state index contributed by atoms with van der Waals surface area (Å²) in [7, 11) is 0. The zero-order valence-corrected chi connectivity index (χ0v) is 6.99. The van der Waals surface area contributed by atoms with Crippen molar-refractivity contribution in [2.45, 2.75) is 19.6 Å². The van der Waals surface area contributed by atoms with Crippen LogP contribution in [-0.4, -0.2) is 17.3 Å². The molecule has 2 unspecified atom stereocenters. The van der Waals surface area contributed by atoms with Crippen molar-refractivity contribution < 1.29 is 14.6 Å². The molecule has 0 spiro atoms. The zero-order valence-electron chi connectivity index (χ0n) is 6.99. The molecule has 0 saturated carbocycles. The highest BCUT2D eigenvalue weighted by Gasteiger charge is 2.34. The molecule has 3 N–H and O–H groups in total. The van der Waals surface area contributed by atoms with Crippen molar-refractivity contribution in [2.24, 2.45) is 17.6 Å². The van der Waals surface area contributed by atoms with E-state index in [0.717, 1.165) is 0 Å². The second kappa shape index (κ2) is 3.15. The topological polar surface area (TPSA) is 72.6 Å². The van der Waals surface area contributed by atoms with Crippen LogP contribution >= 0.6 is 0 Å². The summed E-state index contributed by atoms with van der Waals surface area (Å²) in [6, 6.07) is 0. The molecule has 0 aromatic carbocycles. The van der Waals surface area contributed by atoms with Gasteiger partial charge in [0.2, 0.25) is 5.91 Å². The van der Waals surface area contributed by atoms with E-state index in [4.69, 9.17) is 15.6 Å². The third kappa shape index (κ3) is 1.58. The van der Waals surface area contributed by atoms with E-state index in [1.54, 1.807) is 6.92 Å². The molecule has 68 valence electrons. The summed E-state index contributed by atoms with van der Waals surface area (Å²) in [6.45, 7) is 5.31. The van der Waals surface area contributed by atoms with Crippen LogP contribution in [0.5, 0.6) is 0 Å². The average Bonchev–Trinajstić information content (AvgIpc) is 2.28. The summed E-state index contributed by atoms with van der Waals surface area (Å²) in [5.41, 5.74) is 5.11. The summed E-state index contributed by atoms with van der Waals surface area (Å²) in [6.07, 6.45) is -0.424. The van der Waals surface area contributed by atoms with Crippen LogP contribution in [0.25, 0.3) is 0 Å². The van der Waals surface area contributed by atoms with Crippen LogP contribution < -0.4 is 5.73 Å². The number of ether oxygens (including phenoxy) is 1. The smallest absolute Gasteiger partial charge is 0.220 e. The van der Waals surface area contributed by atoms with Gasteiger partial charge in [-0.15, -0.1) is 0 Å². The minimum absolute atomic E-state index is 0.141. The van der Waals surface area contributed by atoms with Crippen LogP contribution in [0.1, 0.15) is 13.3 Å². The molecule has 4 heteroatoms. The number of rotatable bonds is 2. The Morgan fingerprint density at radius 3 is 2.83 bits per heavy atom. The second-order valence-corrected chi connectivity index (χ2v) is 3.07.